The third kappa shape index (κ3) is 3.88. The zero-order valence-electron chi connectivity index (χ0n) is 13.1. The van der Waals surface area contributed by atoms with Gasteiger partial charge < -0.3 is 5.32 Å². The number of hydrogen-bond donors (Lipinski definition) is 1. The van der Waals surface area contributed by atoms with Crippen molar-refractivity contribution in [2.75, 3.05) is 5.75 Å². The number of aromatic nitrogens is 2. The fourth-order valence-electron chi connectivity index (χ4n) is 2.28. The Hall–Kier alpha value is -1.82. The van der Waals surface area contributed by atoms with E-state index in [4.69, 9.17) is 0 Å². The largest absolute Gasteiger partial charge is 0.353 e. The molecule has 0 saturated heterocycles. The summed E-state index contributed by atoms with van der Waals surface area (Å²) in [6.07, 6.45) is 2.00. The van der Waals surface area contributed by atoms with Crippen LogP contribution in [0.2, 0.25) is 0 Å². The normalized spacial score (nSPS) is 12.3. The first kappa shape index (κ1) is 16.5. The van der Waals surface area contributed by atoms with Crippen LogP contribution in [-0.2, 0) is 11.8 Å². The molecule has 5 nitrogen and oxygen atoms in total. The number of benzene rings is 1. The zero-order chi connectivity index (χ0) is 16.1. The molecule has 0 aliphatic heterocycles. The van der Waals surface area contributed by atoms with E-state index in [1.807, 2.05) is 25.1 Å². The molecule has 1 amide bonds. The van der Waals surface area contributed by atoms with Crippen LogP contribution in [0, 0.1) is 0 Å². The second-order valence-corrected chi connectivity index (χ2v) is 6.26. The molecule has 0 aliphatic carbocycles. The molecule has 1 aromatic heterocycles. The van der Waals surface area contributed by atoms with Gasteiger partial charge in [0.15, 0.2) is 5.16 Å². The van der Waals surface area contributed by atoms with Gasteiger partial charge >= 0.3 is 0 Å². The molecule has 22 heavy (non-hydrogen) atoms. The van der Waals surface area contributed by atoms with E-state index in [-0.39, 0.29) is 23.3 Å². The summed E-state index contributed by atoms with van der Waals surface area (Å²) < 4.78 is 1.50. The highest BCUT2D eigenvalue weighted by Gasteiger charge is 2.11. The molecule has 0 fully saturated rings. The maximum atomic E-state index is 12.3. The van der Waals surface area contributed by atoms with E-state index in [1.165, 1.54) is 16.3 Å². The van der Waals surface area contributed by atoms with Crippen molar-refractivity contribution in [2.24, 2.45) is 7.05 Å². The molecule has 0 bridgehead atoms. The van der Waals surface area contributed by atoms with Gasteiger partial charge in [-0.2, -0.15) is 0 Å². The van der Waals surface area contributed by atoms with Gasteiger partial charge in [0, 0.05) is 13.1 Å². The van der Waals surface area contributed by atoms with Crippen LogP contribution in [0.4, 0.5) is 0 Å². The molecule has 1 heterocycles. The van der Waals surface area contributed by atoms with Crippen molar-refractivity contribution in [3.05, 3.63) is 34.6 Å². The second-order valence-electron chi connectivity index (χ2n) is 5.32. The number of nitrogens with zero attached hydrogens (tertiary/aromatic N) is 2. The molecule has 0 unspecified atom stereocenters. The maximum absolute atomic E-state index is 12.3. The molecule has 6 heteroatoms. The van der Waals surface area contributed by atoms with E-state index in [2.05, 4.69) is 17.2 Å². The Kier molecular flexibility index (Phi) is 5.60. The molecule has 0 spiro atoms. The highest BCUT2D eigenvalue weighted by atomic mass is 32.2. The summed E-state index contributed by atoms with van der Waals surface area (Å²) in [6, 6.07) is 7.41. The molecular weight excluding hydrogens is 298 g/mol. The SMILES string of the molecule is CCC[C@H](C)NC(=O)CSc1nc2ccccc2c(=O)n1C. The number of rotatable bonds is 6. The van der Waals surface area contributed by atoms with Gasteiger partial charge in [0.2, 0.25) is 5.91 Å². The number of thioether (sulfide) groups is 1. The Bertz CT molecular complexity index is 727. The molecule has 0 saturated carbocycles. The standard InChI is InChI=1S/C16H21N3O2S/c1-4-7-11(2)17-14(20)10-22-16-18-13-9-6-5-8-12(13)15(21)19(16)3/h5-6,8-9,11H,4,7,10H2,1-3H3,(H,17,20)/t11-/m0/s1. The van der Waals surface area contributed by atoms with Gasteiger partial charge in [-0.3, -0.25) is 14.2 Å². The van der Waals surface area contributed by atoms with Crippen LogP contribution in [0.25, 0.3) is 10.9 Å². The van der Waals surface area contributed by atoms with Gasteiger partial charge in [-0.1, -0.05) is 37.2 Å². The minimum atomic E-state index is -0.0899. The molecule has 1 atom stereocenters. The van der Waals surface area contributed by atoms with Gasteiger partial charge in [-0.25, -0.2) is 4.98 Å². The molecule has 0 aliphatic rings. The van der Waals surface area contributed by atoms with Crippen molar-refractivity contribution in [3.8, 4) is 0 Å². The minimum absolute atomic E-state index is 0.0339. The lowest BCUT2D eigenvalue weighted by molar-refractivity contribution is -0.119. The number of nitrogens with one attached hydrogen (secondary N) is 1. The third-order valence-electron chi connectivity index (χ3n) is 3.40. The number of amides is 1. The van der Waals surface area contributed by atoms with E-state index in [0.29, 0.717) is 16.1 Å². The van der Waals surface area contributed by atoms with Crippen LogP contribution in [0.15, 0.2) is 34.2 Å². The van der Waals surface area contributed by atoms with Crippen LogP contribution < -0.4 is 10.9 Å². The van der Waals surface area contributed by atoms with Gasteiger partial charge in [0.25, 0.3) is 5.56 Å². The summed E-state index contributed by atoms with van der Waals surface area (Å²) in [4.78, 5) is 28.6. The molecule has 2 rings (SSSR count). The molecular formula is C16H21N3O2S. The van der Waals surface area contributed by atoms with Crippen molar-refractivity contribution < 1.29 is 4.79 Å². The minimum Gasteiger partial charge on any atom is -0.353 e. The van der Waals surface area contributed by atoms with Crippen molar-refractivity contribution in [2.45, 2.75) is 37.9 Å². The smallest absolute Gasteiger partial charge is 0.261 e. The molecule has 1 aromatic carbocycles. The summed E-state index contributed by atoms with van der Waals surface area (Å²) in [5, 5.41) is 4.10. The predicted molar refractivity (Wildman–Crippen MR) is 90.2 cm³/mol. The summed E-state index contributed by atoms with van der Waals surface area (Å²) >= 11 is 1.28. The summed E-state index contributed by atoms with van der Waals surface area (Å²) in [7, 11) is 1.68. The number of carbonyl (C=O) groups excluding carboxylic acids is 1. The number of hydrogen-bond acceptors (Lipinski definition) is 4. The fraction of sp³-hybridized carbons (Fsp3) is 0.438. The summed E-state index contributed by atoms with van der Waals surface area (Å²) in [5.41, 5.74) is 0.570. The van der Waals surface area contributed by atoms with Gasteiger partial charge in [0.05, 0.1) is 16.7 Å². The van der Waals surface area contributed by atoms with Crippen molar-refractivity contribution in [1.82, 2.24) is 14.9 Å². The first-order chi connectivity index (χ1) is 10.5. The van der Waals surface area contributed by atoms with Gasteiger partial charge in [-0.05, 0) is 25.5 Å². The van der Waals surface area contributed by atoms with Crippen LogP contribution in [-0.4, -0.2) is 27.3 Å². The summed E-state index contributed by atoms with van der Waals surface area (Å²) in [6.45, 7) is 4.09. The lowest BCUT2D eigenvalue weighted by atomic mass is 10.2. The van der Waals surface area contributed by atoms with Crippen LogP contribution in [0.1, 0.15) is 26.7 Å². The molecule has 1 N–H and O–H groups in total. The number of fused-ring (bicyclic) bond motifs is 1. The molecule has 118 valence electrons. The fourth-order valence-corrected chi connectivity index (χ4v) is 3.06. The van der Waals surface area contributed by atoms with Crippen LogP contribution >= 0.6 is 11.8 Å². The monoisotopic (exact) mass is 319 g/mol. The lowest BCUT2D eigenvalue weighted by Gasteiger charge is -2.13. The first-order valence-electron chi connectivity index (χ1n) is 7.40. The van der Waals surface area contributed by atoms with Crippen molar-refractivity contribution >= 4 is 28.6 Å². The average molecular weight is 319 g/mol. The van der Waals surface area contributed by atoms with E-state index >= 15 is 0 Å². The van der Waals surface area contributed by atoms with E-state index in [0.717, 1.165) is 12.8 Å². The number of para-hydroxylation sites is 1. The third-order valence-corrected chi connectivity index (χ3v) is 4.43. The number of carbonyl (C=O) groups is 1. The van der Waals surface area contributed by atoms with Crippen LogP contribution in [0.3, 0.4) is 0 Å². The highest BCUT2D eigenvalue weighted by molar-refractivity contribution is 7.99. The first-order valence-corrected chi connectivity index (χ1v) is 8.39. The Balaban J connectivity index is 2.10. The second kappa shape index (κ2) is 7.45. The van der Waals surface area contributed by atoms with E-state index in [1.54, 1.807) is 13.1 Å². The topological polar surface area (TPSA) is 64.0 Å². The van der Waals surface area contributed by atoms with E-state index < -0.39 is 0 Å². The molecule has 2 aromatic rings. The van der Waals surface area contributed by atoms with Gasteiger partial charge in [-0.15, -0.1) is 0 Å². The molecule has 0 radical (unpaired) electrons. The maximum Gasteiger partial charge on any atom is 0.261 e. The van der Waals surface area contributed by atoms with Crippen molar-refractivity contribution in [3.63, 3.8) is 0 Å². The Morgan fingerprint density at radius 3 is 2.86 bits per heavy atom. The predicted octanol–water partition coefficient (Wildman–Crippen LogP) is 2.33. The summed E-state index contributed by atoms with van der Waals surface area (Å²) in [5.74, 6) is 0.223. The quantitative estimate of drug-likeness (QED) is 0.655. The van der Waals surface area contributed by atoms with Gasteiger partial charge in [0.1, 0.15) is 0 Å². The Morgan fingerprint density at radius 1 is 1.41 bits per heavy atom. The van der Waals surface area contributed by atoms with Crippen molar-refractivity contribution in [1.29, 1.82) is 0 Å². The Morgan fingerprint density at radius 2 is 2.14 bits per heavy atom. The van der Waals surface area contributed by atoms with Crippen LogP contribution in [0.5, 0.6) is 0 Å². The average Bonchev–Trinajstić information content (AvgIpc) is 2.49. The zero-order valence-corrected chi connectivity index (χ0v) is 13.9. The lowest BCUT2D eigenvalue weighted by Crippen LogP contribution is -2.33. The highest BCUT2D eigenvalue weighted by Crippen LogP contribution is 2.16. The Labute approximate surface area is 134 Å². The van der Waals surface area contributed by atoms with E-state index in [9.17, 15) is 9.59 Å².